The third-order valence-corrected chi connectivity index (χ3v) is 5.68. The molecular weight excluding hydrogens is 384 g/mol. The van der Waals surface area contributed by atoms with Crippen molar-refractivity contribution in [3.05, 3.63) is 54.2 Å². The molecule has 150 valence electrons. The maximum atomic E-state index is 9.68. The van der Waals surface area contributed by atoms with Gasteiger partial charge in [0.05, 0.1) is 12.1 Å². The van der Waals surface area contributed by atoms with Gasteiger partial charge >= 0.3 is 0 Å². The van der Waals surface area contributed by atoms with Crippen molar-refractivity contribution in [1.82, 2.24) is 9.97 Å². The molecule has 0 fully saturated rings. The van der Waals surface area contributed by atoms with Crippen molar-refractivity contribution in [3.63, 3.8) is 0 Å². The summed E-state index contributed by atoms with van der Waals surface area (Å²) in [5.41, 5.74) is 4.96. The Balaban J connectivity index is 1.92. The third-order valence-electron chi connectivity index (χ3n) is 4.80. The fraction of sp³-hybridized carbons (Fsp3) is 0.261. The van der Waals surface area contributed by atoms with Crippen LogP contribution in [0.4, 0.5) is 0 Å². The number of aryl methyl sites for hydroxylation is 1. The number of aliphatic hydroxyl groups excluding tert-OH is 2. The number of pyridine rings is 1. The highest BCUT2D eigenvalue weighted by molar-refractivity contribution is 7.99. The lowest BCUT2D eigenvalue weighted by atomic mass is 9.99. The molecule has 1 unspecified atom stereocenters. The molecule has 1 atom stereocenters. The van der Waals surface area contributed by atoms with E-state index in [0.717, 1.165) is 44.4 Å². The van der Waals surface area contributed by atoms with Crippen molar-refractivity contribution in [2.24, 2.45) is 0 Å². The molecule has 29 heavy (non-hydrogen) atoms. The molecule has 0 saturated carbocycles. The fourth-order valence-electron chi connectivity index (χ4n) is 3.48. The number of aromatic nitrogens is 2. The summed E-state index contributed by atoms with van der Waals surface area (Å²) in [6.07, 6.45) is 0.920. The molecule has 3 N–H and O–H groups in total. The van der Waals surface area contributed by atoms with Crippen molar-refractivity contribution in [3.8, 4) is 16.9 Å². The van der Waals surface area contributed by atoms with E-state index in [1.54, 1.807) is 0 Å². The van der Waals surface area contributed by atoms with E-state index in [1.807, 2.05) is 37.0 Å². The molecular formula is C23H24N2O3S. The van der Waals surface area contributed by atoms with Crippen LogP contribution < -0.4 is 4.74 Å². The average Bonchev–Trinajstić information content (AvgIpc) is 3.11. The smallest absolute Gasteiger partial charge is 0.143 e. The minimum atomic E-state index is -0.919. The number of nitrogens with one attached hydrogen (secondary N) is 1. The summed E-state index contributed by atoms with van der Waals surface area (Å²) in [4.78, 5) is 9.16. The fourth-order valence-corrected chi connectivity index (χ4v) is 4.20. The van der Waals surface area contributed by atoms with E-state index in [-0.39, 0.29) is 13.2 Å². The SMILES string of the molecule is CCSc1cccc(-c2ccc(OCC(O)CO)c3[nH]c4ncc(C)cc4c23)c1. The van der Waals surface area contributed by atoms with Crippen LogP contribution in [-0.2, 0) is 0 Å². The van der Waals surface area contributed by atoms with Crippen LogP contribution in [0.5, 0.6) is 5.75 Å². The third kappa shape index (κ3) is 3.96. The number of hydrogen-bond acceptors (Lipinski definition) is 5. The van der Waals surface area contributed by atoms with Gasteiger partial charge in [-0.05, 0) is 59.7 Å². The number of hydrogen-bond donors (Lipinski definition) is 3. The van der Waals surface area contributed by atoms with E-state index in [4.69, 9.17) is 9.84 Å². The number of benzene rings is 2. The van der Waals surface area contributed by atoms with Crippen molar-refractivity contribution in [1.29, 1.82) is 0 Å². The molecule has 4 aromatic rings. The zero-order chi connectivity index (χ0) is 20.4. The van der Waals surface area contributed by atoms with Gasteiger partial charge in [-0.25, -0.2) is 4.98 Å². The summed E-state index contributed by atoms with van der Waals surface area (Å²) in [6, 6.07) is 14.6. The predicted molar refractivity (Wildman–Crippen MR) is 119 cm³/mol. The van der Waals surface area contributed by atoms with Crippen molar-refractivity contribution >= 4 is 33.7 Å². The molecule has 0 aliphatic rings. The summed E-state index contributed by atoms with van der Waals surface area (Å²) >= 11 is 1.82. The summed E-state index contributed by atoms with van der Waals surface area (Å²) in [5, 5.41) is 20.9. The van der Waals surface area contributed by atoms with Crippen molar-refractivity contribution < 1.29 is 14.9 Å². The molecule has 2 aromatic heterocycles. The van der Waals surface area contributed by atoms with Crippen molar-refractivity contribution in [2.45, 2.75) is 24.8 Å². The standard InChI is InChI=1S/C23H24N2O3S/c1-3-29-17-6-4-5-15(10-17)18-7-8-20(28-13-16(27)12-26)22-21(18)19-9-14(2)11-24-23(19)25-22/h4-11,16,26-27H,3,12-13H2,1-2H3,(H,24,25). The molecule has 0 amide bonds. The average molecular weight is 409 g/mol. The second kappa shape index (κ2) is 8.45. The first-order valence-electron chi connectivity index (χ1n) is 9.66. The molecule has 2 heterocycles. The van der Waals surface area contributed by atoms with Gasteiger partial charge in [0, 0.05) is 21.9 Å². The molecule has 6 heteroatoms. The molecule has 0 spiro atoms. The minimum absolute atomic E-state index is 0.0232. The van der Waals surface area contributed by atoms with E-state index in [0.29, 0.717) is 5.75 Å². The number of thioether (sulfide) groups is 1. The minimum Gasteiger partial charge on any atom is -0.489 e. The van der Waals surface area contributed by atoms with E-state index in [9.17, 15) is 5.11 Å². The van der Waals surface area contributed by atoms with Crippen LogP contribution in [0.3, 0.4) is 0 Å². The van der Waals surface area contributed by atoms with Gasteiger partial charge in [0.1, 0.15) is 24.1 Å². The summed E-state index contributed by atoms with van der Waals surface area (Å²) in [5.74, 6) is 1.65. The molecule has 0 radical (unpaired) electrons. The summed E-state index contributed by atoms with van der Waals surface area (Å²) in [7, 11) is 0. The number of H-pyrrole nitrogens is 1. The first-order chi connectivity index (χ1) is 14.1. The van der Waals surface area contributed by atoms with Crippen LogP contribution in [0, 0.1) is 6.92 Å². The van der Waals surface area contributed by atoms with Gasteiger partial charge in [0.15, 0.2) is 0 Å². The molecule has 5 nitrogen and oxygen atoms in total. The largest absolute Gasteiger partial charge is 0.489 e. The van der Waals surface area contributed by atoms with Gasteiger partial charge in [-0.1, -0.05) is 19.1 Å². The Hall–Kier alpha value is -2.54. The zero-order valence-corrected chi connectivity index (χ0v) is 17.3. The van der Waals surface area contributed by atoms with Gasteiger partial charge in [-0.2, -0.15) is 0 Å². The number of aromatic amines is 1. The molecule has 0 aliphatic heterocycles. The molecule has 4 rings (SSSR count). The topological polar surface area (TPSA) is 78.4 Å². The summed E-state index contributed by atoms with van der Waals surface area (Å²) < 4.78 is 5.81. The monoisotopic (exact) mass is 408 g/mol. The van der Waals surface area contributed by atoms with E-state index < -0.39 is 6.10 Å². The number of aliphatic hydroxyl groups is 2. The maximum Gasteiger partial charge on any atom is 0.143 e. The Labute approximate surface area is 173 Å². The summed E-state index contributed by atoms with van der Waals surface area (Å²) in [6.45, 7) is 3.87. The number of fused-ring (bicyclic) bond motifs is 3. The van der Waals surface area contributed by atoms with Gasteiger partial charge in [0.2, 0.25) is 0 Å². The maximum absolute atomic E-state index is 9.68. The Morgan fingerprint density at radius 1 is 1.21 bits per heavy atom. The Morgan fingerprint density at radius 2 is 2.07 bits per heavy atom. The highest BCUT2D eigenvalue weighted by atomic mass is 32.2. The lowest BCUT2D eigenvalue weighted by molar-refractivity contribution is 0.0540. The van der Waals surface area contributed by atoms with Gasteiger partial charge in [-0.15, -0.1) is 11.8 Å². The zero-order valence-electron chi connectivity index (χ0n) is 16.5. The first-order valence-corrected chi connectivity index (χ1v) is 10.6. The Bertz CT molecular complexity index is 1160. The van der Waals surface area contributed by atoms with Crippen LogP contribution in [0.15, 0.2) is 53.6 Å². The lowest BCUT2D eigenvalue weighted by Crippen LogP contribution is -2.21. The molecule has 0 bridgehead atoms. The van der Waals surface area contributed by atoms with Gasteiger partial charge < -0.3 is 19.9 Å². The first kappa shape index (κ1) is 19.8. The second-order valence-corrected chi connectivity index (χ2v) is 8.34. The van der Waals surface area contributed by atoms with Gasteiger partial charge in [0.25, 0.3) is 0 Å². The van der Waals surface area contributed by atoms with Crippen LogP contribution in [0.1, 0.15) is 12.5 Å². The van der Waals surface area contributed by atoms with Crippen LogP contribution in [0.25, 0.3) is 33.1 Å². The lowest BCUT2D eigenvalue weighted by Gasteiger charge is -2.13. The number of ether oxygens (including phenoxy) is 1. The van der Waals surface area contributed by atoms with Gasteiger partial charge in [-0.3, -0.25) is 0 Å². The highest BCUT2D eigenvalue weighted by Crippen LogP contribution is 2.39. The second-order valence-electron chi connectivity index (χ2n) is 7.00. The predicted octanol–water partition coefficient (Wildman–Crippen LogP) is 4.54. The molecule has 0 aliphatic carbocycles. The van der Waals surface area contributed by atoms with E-state index >= 15 is 0 Å². The number of rotatable bonds is 7. The highest BCUT2D eigenvalue weighted by Gasteiger charge is 2.17. The Kier molecular flexibility index (Phi) is 5.76. The Morgan fingerprint density at radius 3 is 2.86 bits per heavy atom. The van der Waals surface area contributed by atoms with Crippen LogP contribution >= 0.6 is 11.8 Å². The number of nitrogens with zero attached hydrogens (tertiary/aromatic N) is 1. The quantitative estimate of drug-likeness (QED) is 0.392. The molecule has 0 saturated heterocycles. The molecule has 2 aromatic carbocycles. The van der Waals surface area contributed by atoms with E-state index in [2.05, 4.69) is 47.2 Å². The van der Waals surface area contributed by atoms with E-state index in [1.165, 1.54) is 4.90 Å². The van der Waals surface area contributed by atoms with Crippen LogP contribution in [-0.4, -0.2) is 45.3 Å². The normalized spacial score (nSPS) is 12.6. The van der Waals surface area contributed by atoms with Crippen molar-refractivity contribution in [2.75, 3.05) is 19.0 Å². The van der Waals surface area contributed by atoms with Crippen LogP contribution in [0.2, 0.25) is 0 Å².